The second-order valence-corrected chi connectivity index (χ2v) is 7.79. The number of rotatable bonds is 5. The molecule has 132 valence electrons. The lowest BCUT2D eigenvalue weighted by atomic mass is 10.3. The average Bonchev–Trinajstić information content (AvgIpc) is 3.31. The molecule has 26 heavy (non-hydrogen) atoms. The minimum Gasteiger partial charge on any atom is -0.243 e. The molecule has 0 radical (unpaired) electrons. The molecule has 0 saturated carbocycles. The van der Waals surface area contributed by atoms with Crippen molar-refractivity contribution in [2.24, 2.45) is 0 Å². The van der Waals surface area contributed by atoms with E-state index in [4.69, 9.17) is 0 Å². The molecular formula is C17H15N5O3S. The Kier molecular flexibility index (Phi) is 4.02. The van der Waals surface area contributed by atoms with Crippen LogP contribution in [0.15, 0.2) is 70.4 Å². The Bertz CT molecular complexity index is 1150. The summed E-state index contributed by atoms with van der Waals surface area (Å²) in [5, 5.41) is 11.7. The van der Waals surface area contributed by atoms with Gasteiger partial charge in [-0.15, -0.1) is 0 Å². The number of benzene rings is 2. The molecule has 0 atom stereocenters. The Labute approximate surface area is 149 Å². The highest BCUT2D eigenvalue weighted by Gasteiger charge is 2.25. The summed E-state index contributed by atoms with van der Waals surface area (Å²) in [4.78, 5) is 0.0641. The molecule has 2 aromatic carbocycles. The normalized spacial score (nSPS) is 12.1. The van der Waals surface area contributed by atoms with Gasteiger partial charge >= 0.3 is 0 Å². The molecule has 2 heterocycles. The summed E-state index contributed by atoms with van der Waals surface area (Å²) in [5.74, 6) is 0. The van der Waals surface area contributed by atoms with Gasteiger partial charge in [0.2, 0.25) is 10.0 Å². The Balaban J connectivity index is 1.61. The van der Waals surface area contributed by atoms with Gasteiger partial charge in [0.15, 0.2) is 5.52 Å². The van der Waals surface area contributed by atoms with E-state index in [1.54, 1.807) is 29.2 Å². The summed E-state index contributed by atoms with van der Waals surface area (Å²) in [7, 11) is -2.24. The molecule has 0 spiro atoms. The minimum absolute atomic E-state index is 0.0641. The molecule has 0 aliphatic carbocycles. The Morgan fingerprint density at radius 1 is 1.08 bits per heavy atom. The van der Waals surface area contributed by atoms with Crippen LogP contribution in [0, 0.1) is 0 Å². The predicted octanol–water partition coefficient (Wildman–Crippen LogP) is 2.23. The van der Waals surface area contributed by atoms with Crippen LogP contribution in [-0.4, -0.2) is 39.9 Å². The molecule has 0 saturated heterocycles. The number of fused-ring (bicyclic) bond motifs is 1. The zero-order valence-corrected chi connectivity index (χ0v) is 14.7. The van der Waals surface area contributed by atoms with Crippen molar-refractivity contribution in [2.75, 3.05) is 7.05 Å². The van der Waals surface area contributed by atoms with E-state index < -0.39 is 10.0 Å². The largest absolute Gasteiger partial charge is 0.245 e. The van der Waals surface area contributed by atoms with E-state index in [0.29, 0.717) is 5.52 Å². The lowest BCUT2D eigenvalue weighted by Crippen LogP contribution is -2.26. The van der Waals surface area contributed by atoms with Crippen molar-refractivity contribution < 1.29 is 13.0 Å². The highest BCUT2D eigenvalue weighted by Crippen LogP contribution is 2.23. The number of hydrogen-bond donors (Lipinski definition) is 0. The fourth-order valence-corrected chi connectivity index (χ4v) is 3.95. The van der Waals surface area contributed by atoms with E-state index in [9.17, 15) is 8.42 Å². The van der Waals surface area contributed by atoms with Crippen molar-refractivity contribution >= 4 is 21.1 Å². The summed E-state index contributed by atoms with van der Waals surface area (Å²) >= 11 is 0. The summed E-state index contributed by atoms with van der Waals surface area (Å²) in [6, 6.07) is 14.4. The molecule has 0 aliphatic heterocycles. The van der Waals surface area contributed by atoms with E-state index in [2.05, 4.69) is 20.0 Å². The van der Waals surface area contributed by atoms with Crippen molar-refractivity contribution in [3.05, 3.63) is 66.5 Å². The SMILES string of the molecule is CN(Cc1cnn(-c2ccccc2)c1)S(=O)(=O)c1cccc2nonc12. The monoisotopic (exact) mass is 369 g/mol. The number of nitrogens with zero attached hydrogens (tertiary/aromatic N) is 5. The van der Waals surface area contributed by atoms with Gasteiger partial charge < -0.3 is 0 Å². The number of aromatic nitrogens is 4. The molecule has 4 aromatic rings. The van der Waals surface area contributed by atoms with Crippen LogP contribution in [0.2, 0.25) is 0 Å². The van der Waals surface area contributed by atoms with Crippen LogP contribution in [-0.2, 0) is 16.6 Å². The summed E-state index contributed by atoms with van der Waals surface area (Å²) in [5.41, 5.74) is 2.30. The first-order chi connectivity index (χ1) is 12.6. The van der Waals surface area contributed by atoms with Crippen molar-refractivity contribution in [1.29, 1.82) is 0 Å². The first-order valence-corrected chi connectivity index (χ1v) is 9.26. The summed E-state index contributed by atoms with van der Waals surface area (Å²) < 4.78 is 33.4. The highest BCUT2D eigenvalue weighted by molar-refractivity contribution is 7.89. The lowest BCUT2D eigenvalue weighted by Gasteiger charge is -2.16. The van der Waals surface area contributed by atoms with E-state index in [1.807, 2.05) is 30.3 Å². The van der Waals surface area contributed by atoms with Gasteiger partial charge in [0.25, 0.3) is 0 Å². The minimum atomic E-state index is -3.76. The molecule has 9 heteroatoms. The molecule has 0 N–H and O–H groups in total. The molecule has 0 bridgehead atoms. The molecular weight excluding hydrogens is 354 g/mol. The zero-order valence-electron chi connectivity index (χ0n) is 13.8. The van der Waals surface area contributed by atoms with Gasteiger partial charge in [-0.2, -0.15) is 9.40 Å². The first-order valence-electron chi connectivity index (χ1n) is 7.82. The third-order valence-electron chi connectivity index (χ3n) is 4.00. The summed E-state index contributed by atoms with van der Waals surface area (Å²) in [6.07, 6.45) is 3.46. The van der Waals surface area contributed by atoms with E-state index in [-0.39, 0.29) is 17.0 Å². The van der Waals surface area contributed by atoms with Gasteiger partial charge in [-0.25, -0.2) is 17.7 Å². The predicted molar refractivity (Wildman–Crippen MR) is 94.0 cm³/mol. The van der Waals surface area contributed by atoms with Crippen LogP contribution < -0.4 is 0 Å². The third-order valence-corrected chi connectivity index (χ3v) is 5.83. The van der Waals surface area contributed by atoms with Crippen molar-refractivity contribution in [3.63, 3.8) is 0 Å². The maximum Gasteiger partial charge on any atom is 0.245 e. The smallest absolute Gasteiger partial charge is 0.243 e. The van der Waals surface area contributed by atoms with Crippen LogP contribution >= 0.6 is 0 Å². The van der Waals surface area contributed by atoms with Crippen molar-refractivity contribution in [2.45, 2.75) is 11.4 Å². The van der Waals surface area contributed by atoms with Crippen LogP contribution in [0.3, 0.4) is 0 Å². The lowest BCUT2D eigenvalue weighted by molar-refractivity contribution is 0.315. The molecule has 0 unspecified atom stereocenters. The van der Waals surface area contributed by atoms with Crippen LogP contribution in [0.25, 0.3) is 16.7 Å². The standard InChI is InChI=1S/C17H15N5O3S/c1-21(11-13-10-18-22(12-13)14-6-3-2-4-7-14)26(23,24)16-9-5-8-15-17(16)20-25-19-15/h2-10,12H,11H2,1H3. The highest BCUT2D eigenvalue weighted by atomic mass is 32.2. The van der Waals surface area contributed by atoms with Crippen molar-refractivity contribution in [3.8, 4) is 5.69 Å². The first kappa shape index (κ1) is 16.4. The van der Waals surface area contributed by atoms with Gasteiger partial charge in [0.1, 0.15) is 10.4 Å². The number of para-hydroxylation sites is 1. The van der Waals surface area contributed by atoms with E-state index >= 15 is 0 Å². The second-order valence-electron chi connectivity index (χ2n) is 5.78. The third kappa shape index (κ3) is 2.87. The van der Waals surface area contributed by atoms with Crippen molar-refractivity contribution in [1.82, 2.24) is 24.4 Å². The van der Waals surface area contributed by atoms with Crippen LogP contribution in [0.5, 0.6) is 0 Å². The van der Waals surface area contributed by atoms with Gasteiger partial charge in [-0.05, 0) is 34.6 Å². The zero-order chi connectivity index (χ0) is 18.1. The van der Waals surface area contributed by atoms with E-state index in [0.717, 1.165) is 11.3 Å². The molecule has 8 nitrogen and oxygen atoms in total. The Morgan fingerprint density at radius 2 is 1.88 bits per heavy atom. The average molecular weight is 369 g/mol. The Morgan fingerprint density at radius 3 is 2.69 bits per heavy atom. The molecule has 4 rings (SSSR count). The molecule has 0 amide bonds. The van der Waals surface area contributed by atoms with Crippen LogP contribution in [0.1, 0.15) is 5.56 Å². The van der Waals surface area contributed by atoms with Gasteiger partial charge in [-0.3, -0.25) is 0 Å². The Hall–Kier alpha value is -3.04. The quantitative estimate of drug-likeness (QED) is 0.535. The van der Waals surface area contributed by atoms with E-state index in [1.165, 1.54) is 17.4 Å². The molecule has 0 aliphatic rings. The molecule has 2 aromatic heterocycles. The summed E-state index contributed by atoms with van der Waals surface area (Å²) in [6.45, 7) is 0.177. The number of sulfonamides is 1. The maximum absolute atomic E-state index is 12.9. The second kappa shape index (κ2) is 6.36. The fraction of sp³-hybridized carbons (Fsp3) is 0.118. The number of hydrogen-bond acceptors (Lipinski definition) is 6. The maximum atomic E-state index is 12.9. The fourth-order valence-electron chi connectivity index (χ4n) is 2.66. The topological polar surface area (TPSA) is 94.1 Å². The van der Waals surface area contributed by atoms with Gasteiger partial charge in [0.05, 0.1) is 11.9 Å². The molecule has 0 fully saturated rings. The van der Waals surface area contributed by atoms with Gasteiger partial charge in [-0.1, -0.05) is 24.3 Å². The van der Waals surface area contributed by atoms with Gasteiger partial charge in [0, 0.05) is 25.4 Å². The van der Waals surface area contributed by atoms with Crippen LogP contribution in [0.4, 0.5) is 0 Å².